The maximum atomic E-state index is 12.2. The maximum Gasteiger partial charge on any atom is 0.401 e. The molecule has 1 aliphatic rings. The molecule has 0 aromatic heterocycles. The Hall–Kier alpha value is -1.84. The Kier molecular flexibility index (Phi) is 5.31. The van der Waals surface area contributed by atoms with Gasteiger partial charge in [0.05, 0.1) is 19.6 Å². The molecule has 0 saturated heterocycles. The molecule has 0 radical (unpaired) electrons. The number of halogens is 3. The van der Waals surface area contributed by atoms with Crippen LogP contribution in [0.5, 0.6) is 0 Å². The molecular weight excluding hydrogens is 283 g/mol. The first-order valence-electron chi connectivity index (χ1n) is 5.77. The van der Waals surface area contributed by atoms with E-state index in [0.29, 0.717) is 4.90 Å². The number of imide groups is 1. The number of aliphatic carboxylic acids is 1. The number of hydrogen-bond donors (Lipinski definition) is 3. The molecule has 0 aromatic carbocycles. The Balaban J connectivity index is 2.43. The summed E-state index contributed by atoms with van der Waals surface area (Å²) in [5.74, 6) is -2.49. The summed E-state index contributed by atoms with van der Waals surface area (Å²) in [7, 11) is 0. The normalized spacial score (nSPS) is 15.0. The van der Waals surface area contributed by atoms with Gasteiger partial charge in [0, 0.05) is 6.04 Å². The van der Waals surface area contributed by atoms with E-state index in [1.54, 1.807) is 0 Å². The van der Waals surface area contributed by atoms with Crippen LogP contribution in [-0.2, 0) is 9.59 Å². The second-order valence-corrected chi connectivity index (χ2v) is 4.45. The van der Waals surface area contributed by atoms with Crippen molar-refractivity contribution in [2.24, 2.45) is 0 Å². The van der Waals surface area contributed by atoms with Crippen molar-refractivity contribution in [2.45, 2.75) is 25.1 Å². The molecule has 1 rings (SSSR count). The number of rotatable bonds is 6. The third-order valence-corrected chi connectivity index (χ3v) is 2.29. The molecule has 1 fully saturated rings. The third-order valence-electron chi connectivity index (χ3n) is 2.29. The first kappa shape index (κ1) is 16.2. The Morgan fingerprint density at radius 3 is 2.25 bits per heavy atom. The molecule has 3 N–H and O–H groups in total. The first-order valence-corrected chi connectivity index (χ1v) is 5.77. The van der Waals surface area contributed by atoms with Crippen LogP contribution in [0.25, 0.3) is 0 Å². The minimum absolute atomic E-state index is 0.00639. The number of nitrogens with zero attached hydrogens (tertiary/aromatic N) is 1. The van der Waals surface area contributed by atoms with Gasteiger partial charge in [-0.1, -0.05) is 0 Å². The number of carbonyl (C=O) groups excluding carboxylic acids is 2. The Morgan fingerprint density at radius 2 is 1.80 bits per heavy atom. The van der Waals surface area contributed by atoms with Gasteiger partial charge in [0.2, 0.25) is 5.91 Å². The van der Waals surface area contributed by atoms with Crippen LogP contribution in [0.1, 0.15) is 12.8 Å². The summed E-state index contributed by atoms with van der Waals surface area (Å²) in [6.45, 7) is -3.32. The standard InChI is InChI=1S/C10H14F3N3O4/c11-10(12,13)5-16(4-8(18)19)3-7(17)15-9(20)14-6-1-2-6/h6H,1-5H2,(H,18,19)(H2,14,15,17,20). The Labute approximate surface area is 112 Å². The lowest BCUT2D eigenvalue weighted by Gasteiger charge is -2.20. The number of carboxylic acid groups (broad SMARTS) is 1. The predicted octanol–water partition coefficient (Wildman–Crippen LogP) is -0.0765. The summed E-state index contributed by atoms with van der Waals surface area (Å²) in [5.41, 5.74) is 0. The van der Waals surface area contributed by atoms with E-state index in [1.165, 1.54) is 0 Å². The van der Waals surface area contributed by atoms with E-state index in [0.717, 1.165) is 12.8 Å². The molecule has 3 amide bonds. The molecule has 10 heteroatoms. The van der Waals surface area contributed by atoms with Crippen molar-refractivity contribution in [3.63, 3.8) is 0 Å². The molecule has 0 bridgehead atoms. The van der Waals surface area contributed by atoms with Crippen molar-refractivity contribution >= 4 is 17.9 Å². The number of urea groups is 1. The highest BCUT2D eigenvalue weighted by molar-refractivity contribution is 5.95. The number of amides is 3. The van der Waals surface area contributed by atoms with Gasteiger partial charge < -0.3 is 10.4 Å². The van der Waals surface area contributed by atoms with E-state index in [9.17, 15) is 27.6 Å². The van der Waals surface area contributed by atoms with Gasteiger partial charge in [0.15, 0.2) is 0 Å². The number of carbonyl (C=O) groups is 3. The highest BCUT2D eigenvalue weighted by atomic mass is 19.4. The van der Waals surface area contributed by atoms with Gasteiger partial charge in [-0.05, 0) is 12.8 Å². The molecule has 0 aliphatic heterocycles. The van der Waals surface area contributed by atoms with Gasteiger partial charge in [0.25, 0.3) is 0 Å². The summed E-state index contributed by atoms with van der Waals surface area (Å²) in [6, 6.07) is -0.798. The molecule has 0 spiro atoms. The van der Waals surface area contributed by atoms with Crippen LogP contribution in [-0.4, -0.2) is 59.8 Å². The fraction of sp³-hybridized carbons (Fsp3) is 0.700. The predicted molar refractivity (Wildman–Crippen MR) is 59.8 cm³/mol. The summed E-state index contributed by atoms with van der Waals surface area (Å²) >= 11 is 0. The molecule has 114 valence electrons. The van der Waals surface area contributed by atoms with Gasteiger partial charge in [-0.25, -0.2) is 4.79 Å². The molecule has 1 saturated carbocycles. The average Bonchev–Trinajstić information content (AvgIpc) is 2.96. The SMILES string of the molecule is O=C(O)CN(CC(=O)NC(=O)NC1CC1)CC(F)(F)F. The van der Waals surface area contributed by atoms with E-state index >= 15 is 0 Å². The minimum Gasteiger partial charge on any atom is -0.480 e. The van der Waals surface area contributed by atoms with Crippen molar-refractivity contribution in [3.8, 4) is 0 Å². The van der Waals surface area contributed by atoms with Crippen LogP contribution in [0.2, 0.25) is 0 Å². The van der Waals surface area contributed by atoms with E-state index in [-0.39, 0.29) is 6.04 Å². The lowest BCUT2D eigenvalue weighted by Crippen LogP contribution is -2.48. The molecule has 0 unspecified atom stereocenters. The van der Waals surface area contributed by atoms with E-state index < -0.39 is 43.7 Å². The fourth-order valence-corrected chi connectivity index (χ4v) is 1.43. The van der Waals surface area contributed by atoms with Crippen molar-refractivity contribution in [1.82, 2.24) is 15.5 Å². The van der Waals surface area contributed by atoms with Gasteiger partial charge in [-0.3, -0.25) is 19.8 Å². The van der Waals surface area contributed by atoms with Gasteiger partial charge in [-0.2, -0.15) is 13.2 Å². The van der Waals surface area contributed by atoms with E-state index in [4.69, 9.17) is 5.11 Å². The van der Waals surface area contributed by atoms with Gasteiger partial charge in [0.1, 0.15) is 0 Å². The molecule has 20 heavy (non-hydrogen) atoms. The molecule has 7 nitrogen and oxygen atoms in total. The highest BCUT2D eigenvalue weighted by Gasteiger charge is 2.32. The quantitative estimate of drug-likeness (QED) is 0.637. The lowest BCUT2D eigenvalue weighted by molar-refractivity contribution is -0.155. The molecular formula is C10H14F3N3O4. The third kappa shape index (κ3) is 7.56. The Morgan fingerprint density at radius 1 is 1.20 bits per heavy atom. The van der Waals surface area contributed by atoms with Crippen LogP contribution in [0, 0.1) is 0 Å². The highest BCUT2D eigenvalue weighted by Crippen LogP contribution is 2.18. The second kappa shape index (κ2) is 6.55. The first-order chi connectivity index (χ1) is 9.15. The summed E-state index contributed by atoms with van der Waals surface area (Å²) in [4.78, 5) is 33.4. The number of nitrogens with one attached hydrogen (secondary N) is 2. The Bertz CT molecular complexity index is 396. The van der Waals surface area contributed by atoms with Crippen molar-refractivity contribution in [2.75, 3.05) is 19.6 Å². The topological polar surface area (TPSA) is 98.7 Å². The zero-order valence-electron chi connectivity index (χ0n) is 10.4. The van der Waals surface area contributed by atoms with E-state index in [2.05, 4.69) is 5.32 Å². The van der Waals surface area contributed by atoms with Crippen molar-refractivity contribution < 1.29 is 32.7 Å². The zero-order chi connectivity index (χ0) is 15.3. The monoisotopic (exact) mass is 297 g/mol. The fourth-order valence-electron chi connectivity index (χ4n) is 1.43. The van der Waals surface area contributed by atoms with Crippen molar-refractivity contribution in [3.05, 3.63) is 0 Å². The molecule has 0 atom stereocenters. The van der Waals surface area contributed by atoms with Crippen LogP contribution >= 0.6 is 0 Å². The summed E-state index contributed by atoms with van der Waals surface area (Å²) in [5, 5.41) is 12.8. The van der Waals surface area contributed by atoms with Gasteiger partial charge in [-0.15, -0.1) is 0 Å². The zero-order valence-corrected chi connectivity index (χ0v) is 10.4. The summed E-state index contributed by atoms with van der Waals surface area (Å²) in [6.07, 6.45) is -3.05. The molecule has 0 aromatic rings. The van der Waals surface area contributed by atoms with Crippen LogP contribution in [0.3, 0.4) is 0 Å². The van der Waals surface area contributed by atoms with Gasteiger partial charge >= 0.3 is 18.2 Å². The van der Waals surface area contributed by atoms with Crippen LogP contribution in [0.15, 0.2) is 0 Å². The smallest absolute Gasteiger partial charge is 0.401 e. The number of carboxylic acids is 1. The van der Waals surface area contributed by atoms with Crippen LogP contribution in [0.4, 0.5) is 18.0 Å². The number of alkyl halides is 3. The largest absolute Gasteiger partial charge is 0.480 e. The molecule has 0 heterocycles. The lowest BCUT2D eigenvalue weighted by atomic mass is 10.4. The summed E-state index contributed by atoms with van der Waals surface area (Å²) < 4.78 is 36.6. The van der Waals surface area contributed by atoms with Crippen molar-refractivity contribution in [1.29, 1.82) is 0 Å². The second-order valence-electron chi connectivity index (χ2n) is 4.45. The minimum atomic E-state index is -4.63. The van der Waals surface area contributed by atoms with Crippen LogP contribution < -0.4 is 10.6 Å². The van der Waals surface area contributed by atoms with E-state index in [1.807, 2.05) is 5.32 Å². The average molecular weight is 297 g/mol. The number of hydrogen-bond acceptors (Lipinski definition) is 4. The molecule has 1 aliphatic carbocycles. The maximum absolute atomic E-state index is 12.2.